The number of hydrogen-bond acceptors (Lipinski definition) is 5. The summed E-state index contributed by atoms with van der Waals surface area (Å²) >= 11 is 0. The molecule has 0 radical (unpaired) electrons. The van der Waals surface area contributed by atoms with Crippen LogP contribution in [0.2, 0.25) is 0 Å². The summed E-state index contributed by atoms with van der Waals surface area (Å²) in [5.74, 6) is -0.0797. The Kier molecular flexibility index (Phi) is 57.0. The maximum atomic E-state index is 12.5. The Hall–Kier alpha value is -1.92. The molecule has 2 atom stereocenters. The monoisotopic (exact) mass is 970 g/mol. The van der Waals surface area contributed by atoms with E-state index in [1.807, 2.05) is 6.08 Å². The first kappa shape index (κ1) is 67.1. The Labute approximate surface area is 430 Å². The van der Waals surface area contributed by atoms with Crippen LogP contribution >= 0.6 is 0 Å². The average Bonchev–Trinajstić information content (AvgIpc) is 3.35. The minimum Gasteiger partial charge on any atom is -0.466 e. The number of ether oxygens (including phenoxy) is 1. The zero-order valence-corrected chi connectivity index (χ0v) is 46.3. The highest BCUT2D eigenvalue weighted by molar-refractivity contribution is 5.76. The SMILES string of the molecule is CCCCCCCC/C=C\CCCCCCCCCCCC(=O)OCCCCCCCCCCC/C=C\CCCCCCCC(=O)NC(CO)C(O)/C=C/CCCCCCCCCCCCCCC. The van der Waals surface area contributed by atoms with Gasteiger partial charge in [0.05, 0.1) is 25.4 Å². The second-order valence-electron chi connectivity index (χ2n) is 21.0. The molecule has 6 heteroatoms. The summed E-state index contributed by atoms with van der Waals surface area (Å²) in [5.41, 5.74) is 0. The molecule has 0 aliphatic rings. The summed E-state index contributed by atoms with van der Waals surface area (Å²) in [5, 5.41) is 23.1. The van der Waals surface area contributed by atoms with Crippen molar-refractivity contribution in [3.8, 4) is 0 Å². The van der Waals surface area contributed by atoms with Crippen LogP contribution in [0, 0.1) is 0 Å². The van der Waals surface area contributed by atoms with Gasteiger partial charge >= 0.3 is 5.97 Å². The van der Waals surface area contributed by atoms with Crippen molar-refractivity contribution in [3.05, 3.63) is 36.5 Å². The number of esters is 1. The largest absolute Gasteiger partial charge is 0.466 e. The normalized spacial score (nSPS) is 12.8. The van der Waals surface area contributed by atoms with Gasteiger partial charge in [0.25, 0.3) is 0 Å². The number of unbranched alkanes of at least 4 members (excludes halogenated alkanes) is 42. The molecule has 6 nitrogen and oxygen atoms in total. The van der Waals surface area contributed by atoms with Crippen LogP contribution in [0.4, 0.5) is 0 Å². The van der Waals surface area contributed by atoms with Crippen molar-refractivity contribution in [1.29, 1.82) is 0 Å². The fourth-order valence-corrected chi connectivity index (χ4v) is 9.39. The number of aliphatic hydroxyl groups excluding tert-OH is 2. The smallest absolute Gasteiger partial charge is 0.305 e. The molecule has 0 heterocycles. The van der Waals surface area contributed by atoms with Gasteiger partial charge in [0.1, 0.15) is 0 Å². The minimum atomic E-state index is -0.853. The summed E-state index contributed by atoms with van der Waals surface area (Å²) in [6, 6.07) is -0.638. The van der Waals surface area contributed by atoms with Gasteiger partial charge in [-0.1, -0.05) is 269 Å². The van der Waals surface area contributed by atoms with E-state index in [9.17, 15) is 19.8 Å². The molecule has 0 aromatic carbocycles. The van der Waals surface area contributed by atoms with E-state index in [1.54, 1.807) is 6.08 Å². The van der Waals surface area contributed by atoms with E-state index in [4.69, 9.17) is 4.74 Å². The number of carbonyl (C=O) groups excluding carboxylic acids is 2. The number of amides is 1. The average molecular weight is 971 g/mol. The molecule has 0 saturated heterocycles. The number of allylic oxidation sites excluding steroid dienone is 5. The van der Waals surface area contributed by atoms with Crippen LogP contribution in [0.25, 0.3) is 0 Å². The molecule has 0 saturated carbocycles. The maximum Gasteiger partial charge on any atom is 0.305 e. The number of carbonyl (C=O) groups is 2. The third-order valence-electron chi connectivity index (χ3n) is 14.1. The zero-order valence-electron chi connectivity index (χ0n) is 46.3. The molecule has 0 aromatic rings. The Balaban J connectivity index is 3.45. The first-order valence-corrected chi connectivity index (χ1v) is 30.8. The van der Waals surface area contributed by atoms with Crippen LogP contribution in [0.5, 0.6) is 0 Å². The van der Waals surface area contributed by atoms with Crippen LogP contribution in [0.1, 0.15) is 328 Å². The van der Waals surface area contributed by atoms with E-state index in [2.05, 4.69) is 43.5 Å². The van der Waals surface area contributed by atoms with E-state index in [-0.39, 0.29) is 18.5 Å². The van der Waals surface area contributed by atoms with Gasteiger partial charge in [-0.15, -0.1) is 0 Å². The fourth-order valence-electron chi connectivity index (χ4n) is 9.39. The first-order chi connectivity index (χ1) is 34.0. The zero-order chi connectivity index (χ0) is 50.0. The summed E-state index contributed by atoms with van der Waals surface area (Å²) in [6.07, 6.45) is 73.2. The Morgan fingerprint density at radius 3 is 1.03 bits per heavy atom. The molecule has 69 heavy (non-hydrogen) atoms. The predicted octanol–water partition coefficient (Wildman–Crippen LogP) is 19.2. The van der Waals surface area contributed by atoms with Crippen LogP contribution in [0.3, 0.4) is 0 Å². The predicted molar refractivity (Wildman–Crippen MR) is 301 cm³/mol. The first-order valence-electron chi connectivity index (χ1n) is 30.8. The molecule has 0 aliphatic heterocycles. The van der Waals surface area contributed by atoms with Crippen LogP contribution < -0.4 is 5.32 Å². The highest BCUT2D eigenvalue weighted by atomic mass is 16.5. The van der Waals surface area contributed by atoms with Crippen LogP contribution in [-0.2, 0) is 14.3 Å². The van der Waals surface area contributed by atoms with Gasteiger partial charge in [-0.3, -0.25) is 9.59 Å². The highest BCUT2D eigenvalue weighted by Gasteiger charge is 2.18. The van der Waals surface area contributed by atoms with Crippen molar-refractivity contribution in [2.75, 3.05) is 13.2 Å². The number of nitrogens with one attached hydrogen (secondary N) is 1. The lowest BCUT2D eigenvalue weighted by atomic mass is 10.0. The van der Waals surface area contributed by atoms with E-state index in [1.165, 1.54) is 244 Å². The summed E-state index contributed by atoms with van der Waals surface area (Å²) in [7, 11) is 0. The molecule has 0 fully saturated rings. The van der Waals surface area contributed by atoms with Crippen molar-refractivity contribution in [3.63, 3.8) is 0 Å². The van der Waals surface area contributed by atoms with Crippen molar-refractivity contribution in [2.24, 2.45) is 0 Å². The molecule has 0 bridgehead atoms. The van der Waals surface area contributed by atoms with Gasteiger partial charge < -0.3 is 20.3 Å². The second-order valence-corrected chi connectivity index (χ2v) is 21.0. The van der Waals surface area contributed by atoms with E-state index >= 15 is 0 Å². The molecule has 2 unspecified atom stereocenters. The third kappa shape index (κ3) is 55.2. The number of hydrogen-bond donors (Lipinski definition) is 3. The molecule has 0 aromatic heterocycles. The molecule has 0 spiro atoms. The Morgan fingerprint density at radius 1 is 0.391 bits per heavy atom. The van der Waals surface area contributed by atoms with Gasteiger partial charge in [0, 0.05) is 12.8 Å². The molecule has 1 amide bonds. The molecule has 0 aliphatic carbocycles. The maximum absolute atomic E-state index is 12.5. The van der Waals surface area contributed by atoms with E-state index in [0.717, 1.165) is 57.8 Å². The highest BCUT2D eigenvalue weighted by Crippen LogP contribution is 2.16. The van der Waals surface area contributed by atoms with E-state index < -0.39 is 12.1 Å². The lowest BCUT2D eigenvalue weighted by Crippen LogP contribution is -2.45. The lowest BCUT2D eigenvalue weighted by molar-refractivity contribution is -0.143. The van der Waals surface area contributed by atoms with Gasteiger partial charge in [0.2, 0.25) is 5.91 Å². The fraction of sp³-hybridized carbons (Fsp3) is 0.873. The standard InChI is InChI=1S/C63H119NO5/c1-3-5-7-9-11-13-15-17-19-20-21-25-29-33-37-41-45-49-53-57-63(68)69-58-54-50-46-42-38-34-30-26-23-22-24-28-32-36-40-44-48-52-56-62(67)64-60(59-65)61(66)55-51-47-43-39-35-31-27-18-16-14-12-10-8-6-4-2/h17,19,24,28,51,55,60-61,65-66H,3-16,18,20-23,25-27,29-50,52-54,56-59H2,1-2H3,(H,64,67)/b19-17-,28-24-,55-51+. The van der Waals surface area contributed by atoms with Gasteiger partial charge in [0.15, 0.2) is 0 Å². The van der Waals surface area contributed by atoms with Gasteiger partial charge in [-0.05, 0) is 83.5 Å². The van der Waals surface area contributed by atoms with E-state index in [0.29, 0.717) is 19.4 Å². The van der Waals surface area contributed by atoms with Crippen LogP contribution in [0.15, 0.2) is 36.5 Å². The molecule has 3 N–H and O–H groups in total. The molecular weight excluding hydrogens is 851 g/mol. The lowest BCUT2D eigenvalue weighted by Gasteiger charge is -2.20. The van der Waals surface area contributed by atoms with Crippen molar-refractivity contribution >= 4 is 11.9 Å². The van der Waals surface area contributed by atoms with Crippen LogP contribution in [-0.4, -0.2) is 47.4 Å². The van der Waals surface area contributed by atoms with Gasteiger partial charge in [-0.25, -0.2) is 0 Å². The Bertz CT molecular complexity index is 1120. The number of aliphatic hydroxyl groups is 2. The minimum absolute atomic E-state index is 0.00172. The van der Waals surface area contributed by atoms with Crippen molar-refractivity contribution in [2.45, 2.75) is 341 Å². The third-order valence-corrected chi connectivity index (χ3v) is 14.1. The topological polar surface area (TPSA) is 95.9 Å². The Morgan fingerprint density at radius 2 is 0.681 bits per heavy atom. The molecule has 406 valence electrons. The summed E-state index contributed by atoms with van der Waals surface area (Å²) in [6.45, 7) is 4.90. The number of rotatable bonds is 57. The quantitative estimate of drug-likeness (QED) is 0.0321. The van der Waals surface area contributed by atoms with Crippen molar-refractivity contribution < 1.29 is 24.5 Å². The summed E-state index contributed by atoms with van der Waals surface area (Å²) < 4.78 is 5.49. The summed E-state index contributed by atoms with van der Waals surface area (Å²) in [4.78, 5) is 24.5. The van der Waals surface area contributed by atoms with Gasteiger partial charge in [-0.2, -0.15) is 0 Å². The molecular formula is C63H119NO5. The molecule has 0 rings (SSSR count). The second kappa shape index (κ2) is 58.6. The van der Waals surface area contributed by atoms with Crippen molar-refractivity contribution in [1.82, 2.24) is 5.32 Å².